The third-order valence-corrected chi connectivity index (χ3v) is 6.94. The topological polar surface area (TPSA) is 67.3 Å². The molecule has 1 aromatic heterocycles. The number of benzene rings is 1. The fourth-order valence-corrected chi connectivity index (χ4v) is 5.14. The SMILES string of the molecule is CCOC1CC(N(C)C(=O)c2ccc3c(c2)[nH]c(=O)n3C2CCCC2)C1(C)C. The fourth-order valence-electron chi connectivity index (χ4n) is 5.14. The van der Waals surface area contributed by atoms with Gasteiger partial charge >= 0.3 is 5.69 Å². The van der Waals surface area contributed by atoms with Crippen molar-refractivity contribution >= 4 is 16.9 Å². The van der Waals surface area contributed by atoms with Crippen molar-refractivity contribution in [1.29, 1.82) is 0 Å². The van der Waals surface area contributed by atoms with Gasteiger partial charge in [-0.05, 0) is 44.4 Å². The van der Waals surface area contributed by atoms with Crippen LogP contribution in [0.2, 0.25) is 0 Å². The molecule has 0 aliphatic heterocycles. The third kappa shape index (κ3) is 2.98. The van der Waals surface area contributed by atoms with Gasteiger partial charge in [-0.15, -0.1) is 0 Å². The maximum absolute atomic E-state index is 13.1. The largest absolute Gasteiger partial charge is 0.378 e. The Labute approximate surface area is 165 Å². The highest BCUT2D eigenvalue weighted by atomic mass is 16.5. The Balaban J connectivity index is 1.57. The summed E-state index contributed by atoms with van der Waals surface area (Å²) in [5, 5.41) is 0. The molecule has 6 heteroatoms. The van der Waals surface area contributed by atoms with E-state index in [-0.39, 0.29) is 35.2 Å². The smallest absolute Gasteiger partial charge is 0.326 e. The van der Waals surface area contributed by atoms with Gasteiger partial charge in [0, 0.05) is 36.7 Å². The van der Waals surface area contributed by atoms with Gasteiger partial charge in [-0.2, -0.15) is 0 Å². The first kappa shape index (κ1) is 19.2. The van der Waals surface area contributed by atoms with E-state index in [4.69, 9.17) is 4.74 Å². The zero-order valence-electron chi connectivity index (χ0n) is 17.3. The van der Waals surface area contributed by atoms with Gasteiger partial charge in [0.2, 0.25) is 0 Å². The Hall–Kier alpha value is -2.08. The van der Waals surface area contributed by atoms with E-state index in [1.165, 1.54) is 12.8 Å². The van der Waals surface area contributed by atoms with Crippen LogP contribution in [0.5, 0.6) is 0 Å². The van der Waals surface area contributed by atoms with Crippen LogP contribution in [0.4, 0.5) is 0 Å². The quantitative estimate of drug-likeness (QED) is 0.853. The number of hydrogen-bond acceptors (Lipinski definition) is 3. The van der Waals surface area contributed by atoms with Crippen LogP contribution in [0.1, 0.15) is 69.3 Å². The lowest BCUT2D eigenvalue weighted by molar-refractivity contribution is -0.136. The molecule has 1 aromatic carbocycles. The second-order valence-corrected chi connectivity index (χ2v) is 8.90. The minimum Gasteiger partial charge on any atom is -0.378 e. The van der Waals surface area contributed by atoms with Crippen LogP contribution in [0.3, 0.4) is 0 Å². The Morgan fingerprint density at radius 2 is 2.04 bits per heavy atom. The standard InChI is InChI=1S/C22H31N3O3/c1-5-28-19-13-18(22(19,2)3)24(4)20(26)14-10-11-17-16(12-14)23-21(27)25(17)15-8-6-7-9-15/h10-12,15,18-19H,5-9,13H2,1-4H3,(H,23,27). The van der Waals surface area contributed by atoms with Crippen LogP contribution in [-0.4, -0.2) is 46.2 Å². The first-order valence-electron chi connectivity index (χ1n) is 10.5. The Morgan fingerprint density at radius 3 is 2.68 bits per heavy atom. The third-order valence-electron chi connectivity index (χ3n) is 6.94. The molecule has 2 saturated carbocycles. The van der Waals surface area contributed by atoms with Crippen molar-refractivity contribution in [3.8, 4) is 0 Å². The molecule has 2 aromatic rings. The molecule has 4 rings (SSSR count). The average molecular weight is 386 g/mol. The van der Waals surface area contributed by atoms with E-state index in [0.717, 1.165) is 30.3 Å². The predicted octanol–water partition coefficient (Wildman–Crippen LogP) is 3.72. The number of rotatable bonds is 5. The minimum atomic E-state index is -0.0699. The number of hydrogen-bond donors (Lipinski definition) is 1. The Morgan fingerprint density at radius 1 is 1.32 bits per heavy atom. The number of carbonyl (C=O) groups excluding carboxylic acids is 1. The highest BCUT2D eigenvalue weighted by molar-refractivity contribution is 5.97. The Kier molecular flexibility index (Phi) is 4.86. The predicted molar refractivity (Wildman–Crippen MR) is 110 cm³/mol. The molecular formula is C22H31N3O3. The molecular weight excluding hydrogens is 354 g/mol. The molecule has 2 aliphatic carbocycles. The molecule has 0 saturated heterocycles. The van der Waals surface area contributed by atoms with Crippen LogP contribution < -0.4 is 5.69 Å². The molecule has 28 heavy (non-hydrogen) atoms. The average Bonchev–Trinajstić information content (AvgIpc) is 3.29. The molecule has 0 spiro atoms. The summed E-state index contributed by atoms with van der Waals surface area (Å²) < 4.78 is 7.68. The molecule has 1 heterocycles. The first-order valence-corrected chi connectivity index (χ1v) is 10.5. The molecule has 152 valence electrons. The normalized spacial score (nSPS) is 24.4. The molecule has 1 N–H and O–H groups in total. The van der Waals surface area contributed by atoms with Crippen LogP contribution in [0.15, 0.2) is 23.0 Å². The maximum atomic E-state index is 13.1. The summed E-state index contributed by atoms with van der Waals surface area (Å²) in [4.78, 5) is 30.4. The first-order chi connectivity index (χ1) is 13.3. The second kappa shape index (κ2) is 7.07. The summed E-state index contributed by atoms with van der Waals surface area (Å²) in [5.41, 5.74) is 2.13. The maximum Gasteiger partial charge on any atom is 0.326 e. The zero-order valence-corrected chi connectivity index (χ0v) is 17.3. The van der Waals surface area contributed by atoms with E-state index in [2.05, 4.69) is 18.8 Å². The summed E-state index contributed by atoms with van der Waals surface area (Å²) in [6.07, 6.45) is 5.50. The highest BCUT2D eigenvalue weighted by Crippen LogP contribution is 2.45. The fraction of sp³-hybridized carbons (Fsp3) is 0.636. The molecule has 6 nitrogen and oxygen atoms in total. The van der Waals surface area contributed by atoms with E-state index in [1.54, 1.807) is 0 Å². The number of carbonyl (C=O) groups is 1. The number of fused-ring (bicyclic) bond motifs is 1. The number of imidazole rings is 1. The van der Waals surface area contributed by atoms with Gasteiger partial charge in [0.05, 0.1) is 17.1 Å². The molecule has 0 bridgehead atoms. The van der Waals surface area contributed by atoms with Gasteiger partial charge in [-0.1, -0.05) is 26.7 Å². The monoisotopic (exact) mass is 385 g/mol. The molecule has 1 amide bonds. The molecule has 2 fully saturated rings. The molecule has 0 radical (unpaired) electrons. The number of nitrogens with one attached hydrogen (secondary N) is 1. The number of H-pyrrole nitrogens is 1. The van der Waals surface area contributed by atoms with E-state index in [1.807, 2.05) is 41.6 Å². The van der Waals surface area contributed by atoms with E-state index in [9.17, 15) is 9.59 Å². The highest BCUT2D eigenvalue weighted by Gasteiger charge is 2.51. The van der Waals surface area contributed by atoms with Crippen molar-refractivity contribution in [3.05, 3.63) is 34.2 Å². The number of aromatic amines is 1. The van der Waals surface area contributed by atoms with Gasteiger partial charge in [0.25, 0.3) is 5.91 Å². The van der Waals surface area contributed by atoms with Crippen LogP contribution in [-0.2, 0) is 4.74 Å². The summed E-state index contributed by atoms with van der Waals surface area (Å²) in [7, 11) is 1.87. The lowest BCUT2D eigenvalue weighted by Crippen LogP contribution is -2.62. The van der Waals surface area contributed by atoms with Crippen molar-refractivity contribution in [1.82, 2.24) is 14.5 Å². The van der Waals surface area contributed by atoms with Crippen LogP contribution >= 0.6 is 0 Å². The van der Waals surface area contributed by atoms with E-state index >= 15 is 0 Å². The van der Waals surface area contributed by atoms with Gasteiger partial charge < -0.3 is 14.6 Å². The van der Waals surface area contributed by atoms with E-state index in [0.29, 0.717) is 12.2 Å². The van der Waals surface area contributed by atoms with Crippen molar-refractivity contribution in [2.45, 2.75) is 71.1 Å². The number of nitrogens with zero attached hydrogens (tertiary/aromatic N) is 2. The summed E-state index contributed by atoms with van der Waals surface area (Å²) in [6, 6.07) is 6.02. The van der Waals surface area contributed by atoms with Gasteiger partial charge in [0.15, 0.2) is 0 Å². The summed E-state index contributed by atoms with van der Waals surface area (Å²) >= 11 is 0. The van der Waals surface area contributed by atoms with Crippen LogP contribution in [0, 0.1) is 5.41 Å². The lowest BCUT2D eigenvalue weighted by atomic mass is 9.63. The van der Waals surface area contributed by atoms with Crippen molar-refractivity contribution in [2.24, 2.45) is 5.41 Å². The van der Waals surface area contributed by atoms with Gasteiger partial charge in [-0.3, -0.25) is 9.36 Å². The van der Waals surface area contributed by atoms with Crippen molar-refractivity contribution < 1.29 is 9.53 Å². The second-order valence-electron chi connectivity index (χ2n) is 8.90. The Bertz CT molecular complexity index is 936. The summed E-state index contributed by atoms with van der Waals surface area (Å²) in [5.74, 6) is -0.00983. The zero-order chi connectivity index (χ0) is 20.1. The molecule has 2 unspecified atom stereocenters. The minimum absolute atomic E-state index is 0.00983. The number of amides is 1. The lowest BCUT2D eigenvalue weighted by Gasteiger charge is -2.54. The summed E-state index contributed by atoms with van der Waals surface area (Å²) in [6.45, 7) is 7.02. The molecule has 2 atom stereocenters. The van der Waals surface area contributed by atoms with Crippen LogP contribution in [0.25, 0.3) is 11.0 Å². The van der Waals surface area contributed by atoms with Crippen molar-refractivity contribution in [2.75, 3.05) is 13.7 Å². The van der Waals surface area contributed by atoms with E-state index < -0.39 is 0 Å². The molecule has 2 aliphatic rings. The van der Waals surface area contributed by atoms with Gasteiger partial charge in [-0.25, -0.2) is 4.79 Å². The van der Waals surface area contributed by atoms with Gasteiger partial charge in [0.1, 0.15) is 0 Å². The number of aromatic nitrogens is 2. The number of ether oxygens (including phenoxy) is 1. The van der Waals surface area contributed by atoms with Crippen molar-refractivity contribution in [3.63, 3.8) is 0 Å².